The van der Waals surface area contributed by atoms with E-state index < -0.39 is 16.9 Å². The van der Waals surface area contributed by atoms with Crippen LogP contribution in [-0.4, -0.2) is 9.13 Å². The predicted molar refractivity (Wildman–Crippen MR) is 91.3 cm³/mol. The zero-order valence-corrected chi connectivity index (χ0v) is 13.5. The van der Waals surface area contributed by atoms with Crippen molar-refractivity contribution in [3.8, 4) is 5.69 Å². The highest BCUT2D eigenvalue weighted by molar-refractivity contribution is 5.39. The summed E-state index contributed by atoms with van der Waals surface area (Å²) < 4.78 is 16.3. The normalized spacial score (nSPS) is 10.8. The third kappa shape index (κ3) is 2.93. The molecule has 0 fully saturated rings. The minimum Gasteiger partial charge on any atom is -0.305 e. The predicted octanol–water partition coefficient (Wildman–Crippen LogP) is 2.80. The van der Waals surface area contributed by atoms with E-state index in [2.05, 4.69) is 0 Å². The number of nitrogens with zero attached hydrogens (tertiary/aromatic N) is 2. The Kier molecular flexibility index (Phi) is 4.16. The van der Waals surface area contributed by atoms with Crippen LogP contribution in [0.1, 0.15) is 16.7 Å². The van der Waals surface area contributed by atoms with Crippen LogP contribution in [0.15, 0.2) is 64.4 Å². The lowest BCUT2D eigenvalue weighted by Crippen LogP contribution is -2.40. The van der Waals surface area contributed by atoms with Crippen LogP contribution in [0.4, 0.5) is 4.39 Å². The summed E-state index contributed by atoms with van der Waals surface area (Å²) in [6.07, 6.45) is 3.04. The van der Waals surface area contributed by atoms with Crippen LogP contribution < -0.4 is 11.1 Å². The zero-order valence-electron chi connectivity index (χ0n) is 13.5. The monoisotopic (exact) mass is 324 g/mol. The second-order valence-corrected chi connectivity index (χ2v) is 5.77. The van der Waals surface area contributed by atoms with Crippen molar-refractivity contribution in [1.29, 1.82) is 0 Å². The van der Waals surface area contributed by atoms with Gasteiger partial charge in [-0.15, -0.1) is 0 Å². The highest BCUT2D eigenvalue weighted by Crippen LogP contribution is 2.12. The van der Waals surface area contributed by atoms with E-state index in [1.165, 1.54) is 27.6 Å². The number of aromatic nitrogens is 2. The quantitative estimate of drug-likeness (QED) is 0.695. The molecule has 0 aliphatic carbocycles. The number of hydrogen-bond donors (Lipinski definition) is 0. The molecule has 0 saturated heterocycles. The summed E-state index contributed by atoms with van der Waals surface area (Å²) in [6.45, 7) is 3.95. The third-order valence-corrected chi connectivity index (χ3v) is 4.13. The molecule has 0 amide bonds. The molecule has 4 nitrogen and oxygen atoms in total. The standard InChI is InChI=1S/C19H17FN2O2/c1-13-7-8-16(11-14(13)2)22-10-9-21(18(23)19(22)24)12-15-5-3-4-6-17(15)20/h3-11H,12H2,1-2H3. The van der Waals surface area contributed by atoms with E-state index in [4.69, 9.17) is 0 Å². The molecule has 0 radical (unpaired) electrons. The van der Waals surface area contributed by atoms with Gasteiger partial charge in [-0.1, -0.05) is 24.3 Å². The lowest BCUT2D eigenvalue weighted by molar-refractivity contribution is 0.593. The average Bonchev–Trinajstić information content (AvgIpc) is 2.57. The zero-order chi connectivity index (χ0) is 17.3. The molecule has 0 aliphatic heterocycles. The number of hydrogen-bond acceptors (Lipinski definition) is 2. The smallest absolute Gasteiger partial charge is 0.305 e. The maximum Gasteiger partial charge on any atom is 0.320 e. The van der Waals surface area contributed by atoms with E-state index in [0.717, 1.165) is 11.1 Å². The summed E-state index contributed by atoms with van der Waals surface area (Å²) in [4.78, 5) is 24.7. The van der Waals surface area contributed by atoms with E-state index in [0.29, 0.717) is 11.3 Å². The van der Waals surface area contributed by atoms with Crippen molar-refractivity contribution >= 4 is 0 Å². The minimum absolute atomic E-state index is 0.0223. The summed E-state index contributed by atoms with van der Waals surface area (Å²) in [5, 5.41) is 0. The second kappa shape index (κ2) is 6.28. The number of aryl methyl sites for hydroxylation is 2. The summed E-state index contributed by atoms with van der Waals surface area (Å²) in [7, 11) is 0. The summed E-state index contributed by atoms with van der Waals surface area (Å²) >= 11 is 0. The number of benzene rings is 2. The average molecular weight is 324 g/mol. The lowest BCUT2D eigenvalue weighted by Gasteiger charge is -2.11. The highest BCUT2D eigenvalue weighted by Gasteiger charge is 2.09. The Morgan fingerprint density at radius 1 is 0.917 bits per heavy atom. The molecule has 0 atom stereocenters. The van der Waals surface area contributed by atoms with Gasteiger partial charge in [-0.05, 0) is 43.2 Å². The van der Waals surface area contributed by atoms with Crippen molar-refractivity contribution in [3.63, 3.8) is 0 Å². The van der Waals surface area contributed by atoms with E-state index >= 15 is 0 Å². The number of halogens is 1. The van der Waals surface area contributed by atoms with Gasteiger partial charge in [-0.25, -0.2) is 4.39 Å². The molecule has 0 bridgehead atoms. The maximum absolute atomic E-state index is 13.7. The molecular formula is C19H17FN2O2. The van der Waals surface area contributed by atoms with Gasteiger partial charge in [0.05, 0.1) is 6.54 Å². The van der Waals surface area contributed by atoms with Crippen molar-refractivity contribution in [2.24, 2.45) is 0 Å². The molecule has 24 heavy (non-hydrogen) atoms. The van der Waals surface area contributed by atoms with Gasteiger partial charge < -0.3 is 4.57 Å². The van der Waals surface area contributed by atoms with Gasteiger partial charge in [0, 0.05) is 23.6 Å². The van der Waals surface area contributed by atoms with Crippen molar-refractivity contribution in [3.05, 3.63) is 98.1 Å². The van der Waals surface area contributed by atoms with E-state index in [1.807, 2.05) is 26.0 Å². The van der Waals surface area contributed by atoms with Crippen LogP contribution >= 0.6 is 0 Å². The fourth-order valence-electron chi connectivity index (χ4n) is 2.52. The minimum atomic E-state index is -0.681. The summed E-state index contributed by atoms with van der Waals surface area (Å²) in [6, 6.07) is 11.8. The van der Waals surface area contributed by atoms with Gasteiger partial charge in [0.2, 0.25) is 0 Å². The number of rotatable bonds is 3. The maximum atomic E-state index is 13.7. The van der Waals surface area contributed by atoms with Crippen molar-refractivity contribution in [1.82, 2.24) is 9.13 Å². The summed E-state index contributed by atoms with van der Waals surface area (Å²) in [5.41, 5.74) is 1.81. The van der Waals surface area contributed by atoms with Crippen LogP contribution in [0.25, 0.3) is 5.69 Å². The molecule has 5 heteroatoms. The molecule has 1 aromatic heterocycles. The van der Waals surface area contributed by atoms with Crippen LogP contribution in [0.5, 0.6) is 0 Å². The highest BCUT2D eigenvalue weighted by atomic mass is 19.1. The molecule has 0 unspecified atom stereocenters. The first kappa shape index (κ1) is 15.9. The Balaban J connectivity index is 2.03. The second-order valence-electron chi connectivity index (χ2n) is 5.77. The Morgan fingerprint density at radius 2 is 1.67 bits per heavy atom. The molecule has 1 heterocycles. The Morgan fingerprint density at radius 3 is 2.38 bits per heavy atom. The van der Waals surface area contributed by atoms with Crippen molar-refractivity contribution < 1.29 is 4.39 Å². The molecule has 0 aliphatic rings. The van der Waals surface area contributed by atoms with Gasteiger partial charge in [-0.2, -0.15) is 0 Å². The van der Waals surface area contributed by atoms with Gasteiger partial charge in [0.1, 0.15) is 5.82 Å². The first-order chi connectivity index (χ1) is 11.5. The SMILES string of the molecule is Cc1ccc(-n2ccn(Cc3ccccc3F)c(=O)c2=O)cc1C. The van der Waals surface area contributed by atoms with E-state index in [-0.39, 0.29) is 6.54 Å². The van der Waals surface area contributed by atoms with Gasteiger partial charge >= 0.3 is 11.1 Å². The Bertz CT molecular complexity index is 1020. The van der Waals surface area contributed by atoms with E-state index in [1.54, 1.807) is 24.3 Å². The first-order valence-electron chi connectivity index (χ1n) is 7.60. The molecule has 0 spiro atoms. The molecule has 0 saturated carbocycles. The topological polar surface area (TPSA) is 44.0 Å². The van der Waals surface area contributed by atoms with Crippen LogP contribution in [-0.2, 0) is 6.54 Å². The fourth-order valence-corrected chi connectivity index (χ4v) is 2.52. The van der Waals surface area contributed by atoms with Crippen LogP contribution in [0, 0.1) is 19.7 Å². The molecule has 122 valence electrons. The first-order valence-corrected chi connectivity index (χ1v) is 7.60. The molecule has 3 aromatic rings. The molecular weight excluding hydrogens is 307 g/mol. The van der Waals surface area contributed by atoms with E-state index in [9.17, 15) is 14.0 Å². The van der Waals surface area contributed by atoms with Crippen LogP contribution in [0.2, 0.25) is 0 Å². The molecule has 0 N–H and O–H groups in total. The Hall–Kier alpha value is -2.95. The van der Waals surface area contributed by atoms with Gasteiger partial charge in [0.25, 0.3) is 0 Å². The van der Waals surface area contributed by atoms with Gasteiger partial charge in [0.15, 0.2) is 0 Å². The largest absolute Gasteiger partial charge is 0.320 e. The van der Waals surface area contributed by atoms with Crippen LogP contribution in [0.3, 0.4) is 0 Å². The summed E-state index contributed by atoms with van der Waals surface area (Å²) in [5.74, 6) is -0.400. The fraction of sp³-hybridized carbons (Fsp3) is 0.158. The van der Waals surface area contributed by atoms with Crippen molar-refractivity contribution in [2.75, 3.05) is 0 Å². The van der Waals surface area contributed by atoms with Crippen molar-refractivity contribution in [2.45, 2.75) is 20.4 Å². The molecule has 3 rings (SSSR count). The molecule has 2 aromatic carbocycles. The third-order valence-electron chi connectivity index (χ3n) is 4.13. The Labute approximate surface area is 138 Å². The lowest BCUT2D eigenvalue weighted by atomic mass is 10.1. The van der Waals surface area contributed by atoms with Gasteiger partial charge in [-0.3, -0.25) is 14.2 Å².